The predicted molar refractivity (Wildman–Crippen MR) is 81.4 cm³/mol. The lowest BCUT2D eigenvalue weighted by Gasteiger charge is -2.52. The summed E-state index contributed by atoms with van der Waals surface area (Å²) < 4.78 is 0. The van der Waals surface area contributed by atoms with Crippen molar-refractivity contribution in [1.29, 1.82) is 0 Å². The number of hydrogen-bond acceptors (Lipinski definition) is 1. The summed E-state index contributed by atoms with van der Waals surface area (Å²) in [7, 11) is 0. The zero-order valence-corrected chi connectivity index (χ0v) is 12.2. The summed E-state index contributed by atoms with van der Waals surface area (Å²) in [5.74, 6) is 1.67. The SMILES string of the molecule is CCC1CCCCC12CCNCC2c1ccccc1. The molecule has 0 aromatic heterocycles. The first-order valence-electron chi connectivity index (χ1n) is 8.12. The summed E-state index contributed by atoms with van der Waals surface area (Å²) in [6, 6.07) is 11.3. The van der Waals surface area contributed by atoms with Gasteiger partial charge in [0, 0.05) is 12.5 Å². The van der Waals surface area contributed by atoms with E-state index >= 15 is 0 Å². The fourth-order valence-corrected chi connectivity index (χ4v) is 4.82. The average Bonchev–Trinajstić information content (AvgIpc) is 2.49. The molecule has 19 heavy (non-hydrogen) atoms. The van der Waals surface area contributed by atoms with Crippen LogP contribution < -0.4 is 5.32 Å². The molecule has 1 N–H and O–H groups in total. The van der Waals surface area contributed by atoms with E-state index in [1.165, 1.54) is 51.6 Å². The lowest BCUT2D eigenvalue weighted by molar-refractivity contribution is 0.0293. The van der Waals surface area contributed by atoms with Crippen molar-refractivity contribution >= 4 is 0 Å². The fraction of sp³-hybridized carbons (Fsp3) is 0.667. The molecule has 1 aromatic rings. The van der Waals surface area contributed by atoms with Crippen LogP contribution in [-0.2, 0) is 0 Å². The fourth-order valence-electron chi connectivity index (χ4n) is 4.82. The summed E-state index contributed by atoms with van der Waals surface area (Å²) >= 11 is 0. The maximum atomic E-state index is 3.65. The number of hydrogen-bond donors (Lipinski definition) is 1. The first kappa shape index (κ1) is 13.2. The van der Waals surface area contributed by atoms with Crippen molar-refractivity contribution in [3.8, 4) is 0 Å². The monoisotopic (exact) mass is 257 g/mol. The molecule has 1 heteroatoms. The van der Waals surface area contributed by atoms with E-state index in [0.717, 1.165) is 11.8 Å². The predicted octanol–water partition coefficient (Wildman–Crippen LogP) is 4.35. The second-order valence-electron chi connectivity index (χ2n) is 6.50. The Labute approximate surface area is 117 Å². The van der Waals surface area contributed by atoms with Crippen LogP contribution in [0.5, 0.6) is 0 Å². The first-order valence-corrected chi connectivity index (χ1v) is 8.12. The van der Waals surface area contributed by atoms with Gasteiger partial charge in [0.25, 0.3) is 0 Å². The van der Waals surface area contributed by atoms with Crippen LogP contribution in [0.2, 0.25) is 0 Å². The summed E-state index contributed by atoms with van der Waals surface area (Å²) in [4.78, 5) is 0. The van der Waals surface area contributed by atoms with Gasteiger partial charge in [-0.05, 0) is 42.7 Å². The number of rotatable bonds is 2. The Balaban J connectivity index is 1.95. The highest BCUT2D eigenvalue weighted by molar-refractivity contribution is 5.24. The van der Waals surface area contributed by atoms with Crippen LogP contribution in [-0.4, -0.2) is 13.1 Å². The molecule has 1 nitrogen and oxygen atoms in total. The van der Waals surface area contributed by atoms with E-state index < -0.39 is 0 Å². The second kappa shape index (κ2) is 5.66. The van der Waals surface area contributed by atoms with Crippen molar-refractivity contribution < 1.29 is 0 Å². The molecule has 1 aliphatic carbocycles. The standard InChI is InChI=1S/C18H27N/c1-2-16-10-6-7-11-18(16)12-13-19-14-17(18)15-8-4-3-5-9-15/h3-5,8-9,16-17,19H,2,6-7,10-14H2,1H3. The van der Waals surface area contributed by atoms with E-state index in [4.69, 9.17) is 0 Å². The van der Waals surface area contributed by atoms with Gasteiger partial charge in [-0.3, -0.25) is 0 Å². The van der Waals surface area contributed by atoms with E-state index in [1.54, 1.807) is 5.56 Å². The van der Waals surface area contributed by atoms with Crippen molar-refractivity contribution in [2.45, 2.75) is 51.4 Å². The van der Waals surface area contributed by atoms with Crippen LogP contribution in [0.4, 0.5) is 0 Å². The van der Waals surface area contributed by atoms with Gasteiger partial charge in [0.1, 0.15) is 0 Å². The van der Waals surface area contributed by atoms with Crippen LogP contribution in [0.15, 0.2) is 30.3 Å². The molecule has 0 amide bonds. The highest BCUT2D eigenvalue weighted by Gasteiger charge is 2.47. The Morgan fingerprint density at radius 1 is 1.16 bits per heavy atom. The molecule has 1 aliphatic heterocycles. The maximum Gasteiger partial charge on any atom is 0.00256 e. The lowest BCUT2D eigenvalue weighted by atomic mass is 9.55. The van der Waals surface area contributed by atoms with E-state index in [0.29, 0.717) is 5.41 Å². The quantitative estimate of drug-likeness (QED) is 0.830. The van der Waals surface area contributed by atoms with Gasteiger partial charge in [0.2, 0.25) is 0 Å². The van der Waals surface area contributed by atoms with Gasteiger partial charge in [-0.2, -0.15) is 0 Å². The number of nitrogens with one attached hydrogen (secondary N) is 1. The molecular weight excluding hydrogens is 230 g/mol. The highest BCUT2D eigenvalue weighted by atomic mass is 14.9. The van der Waals surface area contributed by atoms with Gasteiger partial charge in [0.05, 0.1) is 0 Å². The first-order chi connectivity index (χ1) is 9.37. The molecule has 1 heterocycles. The molecule has 0 radical (unpaired) electrons. The molecule has 2 aliphatic rings. The van der Waals surface area contributed by atoms with E-state index in [9.17, 15) is 0 Å². The van der Waals surface area contributed by atoms with Crippen LogP contribution in [0, 0.1) is 11.3 Å². The Morgan fingerprint density at radius 2 is 2.00 bits per heavy atom. The van der Waals surface area contributed by atoms with Gasteiger partial charge in [-0.25, -0.2) is 0 Å². The largest absolute Gasteiger partial charge is 0.316 e. The van der Waals surface area contributed by atoms with Gasteiger partial charge in [0.15, 0.2) is 0 Å². The smallest absolute Gasteiger partial charge is 0.00256 e. The van der Waals surface area contributed by atoms with Crippen molar-refractivity contribution in [3.05, 3.63) is 35.9 Å². The third kappa shape index (κ3) is 2.33. The summed E-state index contributed by atoms with van der Waals surface area (Å²) in [6.45, 7) is 4.81. The normalized spacial score (nSPS) is 35.4. The molecule has 2 fully saturated rings. The molecule has 104 valence electrons. The summed E-state index contributed by atoms with van der Waals surface area (Å²) in [5.41, 5.74) is 2.15. The van der Waals surface area contributed by atoms with Crippen molar-refractivity contribution in [3.63, 3.8) is 0 Å². The molecule has 3 unspecified atom stereocenters. The van der Waals surface area contributed by atoms with Gasteiger partial charge in [-0.15, -0.1) is 0 Å². The van der Waals surface area contributed by atoms with Crippen LogP contribution in [0.3, 0.4) is 0 Å². The molecule has 1 aromatic carbocycles. The van der Waals surface area contributed by atoms with E-state index in [1.807, 2.05) is 0 Å². The minimum Gasteiger partial charge on any atom is -0.316 e. The zero-order chi connectivity index (χ0) is 13.1. The summed E-state index contributed by atoms with van der Waals surface area (Å²) in [6.07, 6.45) is 8.55. The molecule has 0 bridgehead atoms. The highest BCUT2D eigenvalue weighted by Crippen LogP contribution is 2.55. The lowest BCUT2D eigenvalue weighted by Crippen LogP contribution is -2.49. The Bertz CT molecular complexity index is 393. The van der Waals surface area contributed by atoms with Crippen molar-refractivity contribution in [2.75, 3.05) is 13.1 Å². The minimum atomic E-state index is 0.583. The molecule has 3 rings (SSSR count). The Morgan fingerprint density at radius 3 is 2.79 bits per heavy atom. The van der Waals surface area contributed by atoms with Gasteiger partial charge in [-0.1, -0.05) is 56.5 Å². The van der Waals surface area contributed by atoms with Crippen LogP contribution >= 0.6 is 0 Å². The second-order valence-corrected chi connectivity index (χ2v) is 6.50. The van der Waals surface area contributed by atoms with Crippen molar-refractivity contribution in [2.24, 2.45) is 11.3 Å². The van der Waals surface area contributed by atoms with E-state index in [2.05, 4.69) is 42.6 Å². The number of piperidine rings is 1. The van der Waals surface area contributed by atoms with E-state index in [-0.39, 0.29) is 0 Å². The molecule has 3 atom stereocenters. The van der Waals surface area contributed by atoms with Gasteiger partial charge < -0.3 is 5.32 Å². The third-order valence-corrected chi connectivity index (χ3v) is 5.76. The average molecular weight is 257 g/mol. The molecule has 1 spiro atoms. The molecular formula is C18H27N. The zero-order valence-electron chi connectivity index (χ0n) is 12.2. The van der Waals surface area contributed by atoms with Gasteiger partial charge >= 0.3 is 0 Å². The maximum absolute atomic E-state index is 3.65. The van der Waals surface area contributed by atoms with Crippen molar-refractivity contribution in [1.82, 2.24) is 5.32 Å². The number of benzene rings is 1. The minimum absolute atomic E-state index is 0.583. The topological polar surface area (TPSA) is 12.0 Å². The third-order valence-electron chi connectivity index (χ3n) is 5.76. The molecule has 1 saturated heterocycles. The summed E-state index contributed by atoms with van der Waals surface area (Å²) in [5, 5.41) is 3.65. The van der Waals surface area contributed by atoms with Crippen LogP contribution in [0.25, 0.3) is 0 Å². The Hall–Kier alpha value is -0.820. The Kier molecular flexibility index (Phi) is 3.93. The molecule has 1 saturated carbocycles. The van der Waals surface area contributed by atoms with Crippen LogP contribution in [0.1, 0.15) is 56.9 Å².